The van der Waals surface area contributed by atoms with Crippen LogP contribution in [0.25, 0.3) is 5.69 Å². The molecule has 0 unspecified atom stereocenters. The monoisotopic (exact) mass is 436 g/mol. The predicted molar refractivity (Wildman–Crippen MR) is 119 cm³/mol. The van der Waals surface area contributed by atoms with Crippen molar-refractivity contribution in [3.05, 3.63) is 59.8 Å². The summed E-state index contributed by atoms with van der Waals surface area (Å²) in [6.07, 6.45) is -0.480. The molecule has 32 heavy (non-hydrogen) atoms. The lowest BCUT2D eigenvalue weighted by Crippen LogP contribution is -2.29. The van der Waals surface area contributed by atoms with Crippen LogP contribution < -0.4 is 19.5 Å². The summed E-state index contributed by atoms with van der Waals surface area (Å²) in [4.78, 5) is 18.4. The molecule has 166 valence electrons. The number of nitrogens with one attached hydrogen (secondary N) is 1. The van der Waals surface area contributed by atoms with Gasteiger partial charge >= 0.3 is 0 Å². The van der Waals surface area contributed by atoms with Gasteiger partial charge in [0.25, 0.3) is 5.91 Å². The normalized spacial score (nSPS) is 15.0. The molecule has 1 atom stereocenters. The number of rotatable bonds is 7. The van der Waals surface area contributed by atoms with Crippen LogP contribution in [0, 0.1) is 6.92 Å². The molecule has 9 heteroatoms. The molecule has 2 heterocycles. The summed E-state index contributed by atoms with van der Waals surface area (Å²) < 4.78 is 17.8. The number of methoxy groups -OCH3 is 3. The fourth-order valence-corrected chi connectivity index (χ4v) is 3.50. The molecule has 9 nitrogen and oxygen atoms in total. The van der Waals surface area contributed by atoms with Crippen molar-refractivity contribution in [1.82, 2.24) is 9.78 Å². The molecular formula is C23H24N4O5. The number of benzene rings is 2. The number of nitrogens with zero attached hydrogens (tertiary/aromatic N) is 3. The van der Waals surface area contributed by atoms with Crippen molar-refractivity contribution in [2.24, 2.45) is 5.16 Å². The highest BCUT2D eigenvalue weighted by molar-refractivity contribution is 6.06. The fraction of sp³-hybridized carbons (Fsp3) is 0.261. The number of carbonyl (C=O) groups excluding carboxylic acids is 1. The van der Waals surface area contributed by atoms with Crippen LogP contribution in [0.4, 0.5) is 5.82 Å². The van der Waals surface area contributed by atoms with Crippen molar-refractivity contribution in [3.63, 3.8) is 0 Å². The van der Waals surface area contributed by atoms with E-state index in [1.54, 1.807) is 44.2 Å². The Kier molecular flexibility index (Phi) is 5.98. The number of hydrogen-bond donors (Lipinski definition) is 1. The molecule has 1 aromatic heterocycles. The topological polar surface area (TPSA) is 96.2 Å². The zero-order valence-corrected chi connectivity index (χ0v) is 18.3. The van der Waals surface area contributed by atoms with Crippen LogP contribution in [0.2, 0.25) is 0 Å². The second-order valence-electron chi connectivity index (χ2n) is 7.16. The van der Waals surface area contributed by atoms with Crippen molar-refractivity contribution in [2.45, 2.75) is 19.4 Å². The standard InChI is InChI=1S/C23H24N4O5/c1-14-10-21(27(25-14)16-8-6-5-7-9-16)24-23(28)20-13-17(26-32-20)15-11-18(29-2)22(31-4)19(12-15)30-3/h5-12,20H,13H2,1-4H3,(H,24,28)/t20-/m1/s1. The maximum absolute atomic E-state index is 12.9. The minimum atomic E-state index is -0.775. The fourth-order valence-electron chi connectivity index (χ4n) is 3.50. The summed E-state index contributed by atoms with van der Waals surface area (Å²) >= 11 is 0. The number of amides is 1. The molecule has 0 saturated heterocycles. The third-order valence-electron chi connectivity index (χ3n) is 5.04. The van der Waals surface area contributed by atoms with E-state index in [1.807, 2.05) is 37.3 Å². The van der Waals surface area contributed by atoms with Gasteiger partial charge in [-0.2, -0.15) is 5.10 Å². The van der Waals surface area contributed by atoms with Gasteiger partial charge in [0.2, 0.25) is 11.9 Å². The Morgan fingerprint density at radius 1 is 1.06 bits per heavy atom. The number of oxime groups is 1. The largest absolute Gasteiger partial charge is 0.493 e. The molecule has 1 amide bonds. The number of hydrogen-bond acceptors (Lipinski definition) is 7. The van der Waals surface area contributed by atoms with Gasteiger partial charge in [-0.3, -0.25) is 4.79 Å². The van der Waals surface area contributed by atoms with Crippen LogP contribution >= 0.6 is 0 Å². The van der Waals surface area contributed by atoms with Crippen molar-refractivity contribution in [3.8, 4) is 22.9 Å². The molecule has 4 rings (SSSR count). The zero-order chi connectivity index (χ0) is 22.7. The molecule has 0 spiro atoms. The van der Waals surface area contributed by atoms with Crippen molar-refractivity contribution >= 4 is 17.4 Å². The van der Waals surface area contributed by atoms with Crippen molar-refractivity contribution in [1.29, 1.82) is 0 Å². The molecule has 3 aromatic rings. The first kappa shape index (κ1) is 21.2. The van der Waals surface area contributed by atoms with E-state index in [9.17, 15) is 4.79 Å². The number of aryl methyl sites for hydroxylation is 1. The van der Waals surface area contributed by atoms with E-state index in [2.05, 4.69) is 15.6 Å². The lowest BCUT2D eigenvalue weighted by Gasteiger charge is -2.14. The predicted octanol–water partition coefficient (Wildman–Crippen LogP) is 3.34. The molecule has 2 aromatic carbocycles. The summed E-state index contributed by atoms with van der Waals surface area (Å²) in [7, 11) is 4.63. The quantitative estimate of drug-likeness (QED) is 0.610. The van der Waals surface area contributed by atoms with E-state index in [-0.39, 0.29) is 5.91 Å². The van der Waals surface area contributed by atoms with Gasteiger partial charge < -0.3 is 24.4 Å². The average Bonchev–Trinajstić information content (AvgIpc) is 3.45. The van der Waals surface area contributed by atoms with Crippen molar-refractivity contribution < 1.29 is 23.8 Å². The maximum Gasteiger partial charge on any atom is 0.269 e. The second kappa shape index (κ2) is 9.01. The summed E-state index contributed by atoms with van der Waals surface area (Å²) in [5.41, 5.74) is 2.96. The lowest BCUT2D eigenvalue weighted by molar-refractivity contribution is -0.125. The van der Waals surface area contributed by atoms with E-state index in [0.29, 0.717) is 35.2 Å². The van der Waals surface area contributed by atoms with Crippen molar-refractivity contribution in [2.75, 3.05) is 26.6 Å². The van der Waals surface area contributed by atoms with E-state index in [1.165, 1.54) is 0 Å². The average molecular weight is 436 g/mol. The smallest absolute Gasteiger partial charge is 0.269 e. The second-order valence-corrected chi connectivity index (χ2v) is 7.16. The summed E-state index contributed by atoms with van der Waals surface area (Å²) in [6.45, 7) is 1.87. The Morgan fingerprint density at radius 3 is 2.38 bits per heavy atom. The number of ether oxygens (including phenoxy) is 3. The van der Waals surface area contributed by atoms with Gasteiger partial charge in [0.05, 0.1) is 38.4 Å². The van der Waals surface area contributed by atoms with E-state index in [4.69, 9.17) is 19.0 Å². The summed E-state index contributed by atoms with van der Waals surface area (Å²) in [5, 5.41) is 11.5. The molecule has 1 N–H and O–H groups in total. The van der Waals surface area contributed by atoms with Crippen LogP contribution in [0.15, 0.2) is 53.7 Å². The molecule has 0 saturated carbocycles. The first-order valence-electron chi connectivity index (χ1n) is 10.00. The minimum absolute atomic E-state index is 0.295. The SMILES string of the molecule is COc1cc(C2=NO[C@@H](C(=O)Nc3cc(C)nn3-c3ccccc3)C2)cc(OC)c1OC. The zero-order valence-electron chi connectivity index (χ0n) is 18.3. The number of carbonyl (C=O) groups is 1. The molecule has 0 aliphatic carbocycles. The van der Waals surface area contributed by atoms with Crippen LogP contribution in [-0.2, 0) is 9.63 Å². The Hall–Kier alpha value is -4.01. The molecule has 1 aliphatic heterocycles. The highest BCUT2D eigenvalue weighted by atomic mass is 16.6. The van der Waals surface area contributed by atoms with Gasteiger partial charge in [0, 0.05) is 18.1 Å². The van der Waals surface area contributed by atoms with Gasteiger partial charge in [-0.15, -0.1) is 0 Å². The van der Waals surface area contributed by atoms with E-state index < -0.39 is 6.10 Å². The molecule has 1 aliphatic rings. The lowest BCUT2D eigenvalue weighted by atomic mass is 10.0. The Bertz CT molecular complexity index is 1130. The number of para-hydroxylation sites is 1. The van der Waals surface area contributed by atoms with Gasteiger partial charge in [-0.25, -0.2) is 4.68 Å². The molecular weight excluding hydrogens is 412 g/mol. The van der Waals surface area contributed by atoms with Crippen LogP contribution in [-0.4, -0.2) is 48.8 Å². The van der Waals surface area contributed by atoms with Gasteiger partial charge in [-0.05, 0) is 31.2 Å². The maximum atomic E-state index is 12.9. The first-order chi connectivity index (χ1) is 15.5. The first-order valence-corrected chi connectivity index (χ1v) is 10.00. The highest BCUT2D eigenvalue weighted by Gasteiger charge is 2.31. The van der Waals surface area contributed by atoms with Gasteiger partial charge in [-0.1, -0.05) is 23.4 Å². The Morgan fingerprint density at radius 2 is 1.75 bits per heavy atom. The number of aromatic nitrogens is 2. The summed E-state index contributed by atoms with van der Waals surface area (Å²) in [5.74, 6) is 1.73. The molecule has 0 bridgehead atoms. The Balaban J connectivity index is 1.51. The van der Waals surface area contributed by atoms with Gasteiger partial charge in [0.1, 0.15) is 5.82 Å². The van der Waals surface area contributed by atoms with E-state index >= 15 is 0 Å². The summed E-state index contributed by atoms with van der Waals surface area (Å²) in [6, 6.07) is 14.9. The van der Waals surface area contributed by atoms with Crippen LogP contribution in [0.3, 0.4) is 0 Å². The third kappa shape index (κ3) is 4.09. The molecule has 0 fully saturated rings. The Labute approximate surface area is 185 Å². The highest BCUT2D eigenvalue weighted by Crippen LogP contribution is 2.39. The minimum Gasteiger partial charge on any atom is -0.493 e. The van der Waals surface area contributed by atoms with Crippen LogP contribution in [0.1, 0.15) is 17.7 Å². The third-order valence-corrected chi connectivity index (χ3v) is 5.04. The number of anilines is 1. The van der Waals surface area contributed by atoms with E-state index in [0.717, 1.165) is 16.9 Å². The van der Waals surface area contributed by atoms with Gasteiger partial charge in [0.15, 0.2) is 11.5 Å². The van der Waals surface area contributed by atoms with Crippen LogP contribution in [0.5, 0.6) is 17.2 Å². The molecule has 0 radical (unpaired) electrons.